The zero-order chi connectivity index (χ0) is 9.97. The minimum absolute atomic E-state index is 0.291. The maximum Gasteiger partial charge on any atom is 0.321 e. The van der Waals surface area contributed by atoms with Crippen molar-refractivity contribution in [3.63, 3.8) is 0 Å². The van der Waals surface area contributed by atoms with Crippen molar-refractivity contribution in [1.29, 1.82) is 0 Å². The van der Waals surface area contributed by atoms with Crippen LogP contribution in [-0.2, 0) is 23.8 Å². The summed E-state index contributed by atoms with van der Waals surface area (Å²) >= 11 is 0. The molecule has 2 saturated heterocycles. The second-order valence-electron chi connectivity index (χ2n) is 3.11. The van der Waals surface area contributed by atoms with Crippen molar-refractivity contribution in [3.05, 3.63) is 0 Å². The Bertz CT molecular complexity index is 232. The Kier molecular flexibility index (Phi) is 2.64. The van der Waals surface area contributed by atoms with Crippen molar-refractivity contribution in [2.45, 2.75) is 12.8 Å². The average molecular weight is 201 g/mol. The van der Waals surface area contributed by atoms with E-state index in [-0.39, 0.29) is 6.42 Å². The first-order valence-corrected chi connectivity index (χ1v) is 4.46. The molecule has 2 rings (SSSR count). The lowest BCUT2D eigenvalue weighted by Gasteiger charge is -2.34. The summed E-state index contributed by atoms with van der Waals surface area (Å²) in [4.78, 5) is 23.7. The monoisotopic (exact) mass is 201 g/mol. The van der Waals surface area contributed by atoms with E-state index in [9.17, 15) is 9.59 Å². The number of carbonyl (C=O) groups is 2. The van der Waals surface area contributed by atoms with E-state index >= 15 is 0 Å². The molecule has 0 aromatic rings. The molecule has 0 bridgehead atoms. The van der Waals surface area contributed by atoms with Gasteiger partial charge in [-0.25, -0.2) is 4.90 Å². The van der Waals surface area contributed by atoms with Crippen LogP contribution >= 0.6 is 0 Å². The van der Waals surface area contributed by atoms with Crippen LogP contribution in [0.2, 0.25) is 0 Å². The fourth-order valence-electron chi connectivity index (χ4n) is 1.39. The lowest BCUT2D eigenvalue weighted by molar-refractivity contribution is -0.243. The molecule has 0 saturated carbocycles. The van der Waals surface area contributed by atoms with Gasteiger partial charge in [-0.1, -0.05) is 0 Å². The lowest BCUT2D eigenvalue weighted by atomic mass is 10.4. The van der Waals surface area contributed by atoms with Crippen molar-refractivity contribution < 1.29 is 23.8 Å². The van der Waals surface area contributed by atoms with E-state index in [1.165, 1.54) is 0 Å². The molecule has 2 aliphatic heterocycles. The van der Waals surface area contributed by atoms with Crippen LogP contribution < -0.4 is 0 Å². The molecule has 0 unspecified atom stereocenters. The van der Waals surface area contributed by atoms with Crippen molar-refractivity contribution in [2.24, 2.45) is 0 Å². The second-order valence-corrected chi connectivity index (χ2v) is 3.11. The maximum absolute atomic E-state index is 10.9. The van der Waals surface area contributed by atoms with E-state index in [1.807, 2.05) is 0 Å². The summed E-state index contributed by atoms with van der Waals surface area (Å²) in [7, 11) is 0. The normalized spacial score (nSPS) is 25.7. The molecule has 0 atom stereocenters. The highest BCUT2D eigenvalue weighted by molar-refractivity contribution is 5.92. The maximum atomic E-state index is 10.9. The smallest absolute Gasteiger partial charge is 0.321 e. The van der Waals surface area contributed by atoms with E-state index in [0.717, 1.165) is 0 Å². The van der Waals surface area contributed by atoms with Gasteiger partial charge in [0.2, 0.25) is 0 Å². The number of hydrogen-bond acceptors (Lipinski definition) is 6. The van der Waals surface area contributed by atoms with Crippen LogP contribution in [0, 0.1) is 0 Å². The largest absolute Gasteiger partial charge is 0.410 e. The quantitative estimate of drug-likeness (QED) is 0.404. The molecule has 2 aliphatic rings. The molecule has 6 nitrogen and oxygen atoms in total. The molecule has 14 heavy (non-hydrogen) atoms. The highest BCUT2D eigenvalue weighted by Crippen LogP contribution is 2.13. The van der Waals surface area contributed by atoms with Crippen LogP contribution in [0.25, 0.3) is 0 Å². The Labute approximate surface area is 80.7 Å². The van der Waals surface area contributed by atoms with Gasteiger partial charge in [-0.2, -0.15) is 0 Å². The predicted molar refractivity (Wildman–Crippen MR) is 43.0 cm³/mol. The summed E-state index contributed by atoms with van der Waals surface area (Å²) in [6.07, 6.45) is -1.14. The van der Waals surface area contributed by atoms with Crippen LogP contribution in [0.4, 0.5) is 0 Å². The lowest BCUT2D eigenvalue weighted by Crippen LogP contribution is -2.50. The number of esters is 2. The molecule has 0 N–H and O–H groups in total. The van der Waals surface area contributed by atoms with Gasteiger partial charge in [-0.15, -0.1) is 0 Å². The number of hydrogen-bond donors (Lipinski definition) is 0. The van der Waals surface area contributed by atoms with Gasteiger partial charge in [0.15, 0.2) is 0 Å². The molecular formula is C8H11NO5. The van der Waals surface area contributed by atoms with Gasteiger partial charge in [-0.05, 0) is 0 Å². The highest BCUT2D eigenvalue weighted by Gasteiger charge is 2.33. The highest BCUT2D eigenvalue weighted by atomic mass is 16.7. The third-order valence-electron chi connectivity index (χ3n) is 2.10. The first-order chi connectivity index (χ1) is 6.75. The molecular weight excluding hydrogens is 190 g/mol. The number of carbonyl (C=O) groups excluding carboxylic acids is 2. The van der Waals surface area contributed by atoms with Gasteiger partial charge in [0, 0.05) is 13.1 Å². The summed E-state index contributed by atoms with van der Waals surface area (Å²) in [6, 6.07) is 0. The van der Waals surface area contributed by atoms with Gasteiger partial charge in [0.05, 0.1) is 13.2 Å². The van der Waals surface area contributed by atoms with Crippen LogP contribution in [0.3, 0.4) is 0 Å². The van der Waals surface area contributed by atoms with Crippen molar-refractivity contribution in [2.75, 3.05) is 26.3 Å². The minimum Gasteiger partial charge on any atom is -0.410 e. The average Bonchev–Trinajstić information content (AvgIpc) is 2.18. The van der Waals surface area contributed by atoms with Crippen LogP contribution in [0.15, 0.2) is 0 Å². The minimum atomic E-state index is -0.854. The number of morpholine rings is 1. The molecule has 0 amide bonds. The van der Waals surface area contributed by atoms with E-state index in [0.29, 0.717) is 26.3 Å². The topological polar surface area (TPSA) is 65.1 Å². The van der Waals surface area contributed by atoms with E-state index in [1.54, 1.807) is 4.90 Å². The second kappa shape index (κ2) is 3.93. The van der Waals surface area contributed by atoms with E-state index in [4.69, 9.17) is 14.2 Å². The Morgan fingerprint density at radius 2 is 1.64 bits per heavy atom. The zero-order valence-electron chi connectivity index (χ0n) is 7.60. The van der Waals surface area contributed by atoms with Crippen LogP contribution in [-0.4, -0.2) is 49.6 Å². The number of ether oxygens (including phenoxy) is 3. The van der Waals surface area contributed by atoms with Crippen molar-refractivity contribution in [3.8, 4) is 0 Å². The van der Waals surface area contributed by atoms with Crippen LogP contribution in [0.1, 0.15) is 6.42 Å². The molecule has 6 heteroatoms. The number of rotatable bonds is 1. The summed E-state index contributed by atoms with van der Waals surface area (Å²) < 4.78 is 14.9. The fourth-order valence-corrected chi connectivity index (χ4v) is 1.39. The predicted octanol–water partition coefficient (Wildman–Crippen LogP) is -0.908. The Morgan fingerprint density at radius 1 is 1.07 bits per heavy atom. The first-order valence-electron chi connectivity index (χ1n) is 4.46. The summed E-state index contributed by atoms with van der Waals surface area (Å²) in [6.45, 7) is 2.33. The van der Waals surface area contributed by atoms with Crippen molar-refractivity contribution in [1.82, 2.24) is 4.90 Å². The van der Waals surface area contributed by atoms with Gasteiger partial charge in [-0.3, -0.25) is 9.59 Å². The third kappa shape index (κ3) is 2.02. The van der Waals surface area contributed by atoms with Crippen LogP contribution in [0.5, 0.6) is 0 Å². The zero-order valence-corrected chi connectivity index (χ0v) is 7.60. The summed E-state index contributed by atoms with van der Waals surface area (Å²) in [5.41, 5.74) is 0. The SMILES string of the molecule is O=C1CC(=O)OC(N2CCOCC2)O1. The Morgan fingerprint density at radius 3 is 2.21 bits per heavy atom. The molecule has 0 spiro atoms. The molecule has 0 aliphatic carbocycles. The van der Waals surface area contributed by atoms with Crippen molar-refractivity contribution >= 4 is 11.9 Å². The van der Waals surface area contributed by atoms with E-state index < -0.39 is 18.4 Å². The number of nitrogens with zero attached hydrogens (tertiary/aromatic N) is 1. The molecule has 0 aromatic carbocycles. The molecule has 2 fully saturated rings. The Hall–Kier alpha value is -1.14. The number of cyclic esters (lactones) is 2. The fraction of sp³-hybridized carbons (Fsp3) is 0.750. The summed E-state index contributed by atoms with van der Waals surface area (Å²) in [5, 5.41) is 0. The van der Waals surface area contributed by atoms with Gasteiger partial charge in [0.25, 0.3) is 0 Å². The molecule has 78 valence electrons. The molecule has 2 heterocycles. The molecule has 0 radical (unpaired) electrons. The standard InChI is InChI=1S/C8H11NO5/c10-6-5-7(11)14-8(13-6)9-1-3-12-4-2-9/h8H,1-5H2. The summed E-state index contributed by atoms with van der Waals surface area (Å²) in [5.74, 6) is -1.06. The third-order valence-corrected chi connectivity index (χ3v) is 2.10. The molecule has 0 aromatic heterocycles. The first kappa shape index (κ1) is 9.42. The van der Waals surface area contributed by atoms with Gasteiger partial charge >= 0.3 is 18.4 Å². The Balaban J connectivity index is 1.95. The van der Waals surface area contributed by atoms with Gasteiger partial charge in [0.1, 0.15) is 6.42 Å². The van der Waals surface area contributed by atoms with Gasteiger partial charge < -0.3 is 14.2 Å². The van der Waals surface area contributed by atoms with E-state index in [2.05, 4.69) is 0 Å².